The summed E-state index contributed by atoms with van der Waals surface area (Å²) in [7, 11) is -3.57. The summed E-state index contributed by atoms with van der Waals surface area (Å²) in [6, 6.07) is 5.97. The summed E-state index contributed by atoms with van der Waals surface area (Å²) in [6.45, 7) is 5.60. The van der Waals surface area contributed by atoms with Crippen LogP contribution in [0.4, 0.5) is 4.39 Å². The molecule has 0 aliphatic carbocycles. The predicted octanol–water partition coefficient (Wildman–Crippen LogP) is 0.866. The smallest absolute Gasteiger partial charge is 0.282 e. The average molecular weight is 399 g/mol. The van der Waals surface area contributed by atoms with Crippen LogP contribution in [0.25, 0.3) is 0 Å². The Morgan fingerprint density at radius 3 is 2.33 bits per heavy atom. The lowest BCUT2D eigenvalue weighted by atomic mass is 10.1. The third-order valence-corrected chi connectivity index (χ3v) is 6.84. The Morgan fingerprint density at radius 1 is 1.11 bits per heavy atom. The molecule has 27 heavy (non-hydrogen) atoms. The van der Waals surface area contributed by atoms with Crippen molar-refractivity contribution in [3.8, 4) is 0 Å². The molecule has 0 saturated carbocycles. The van der Waals surface area contributed by atoms with Crippen molar-refractivity contribution in [1.82, 2.24) is 13.5 Å². The predicted molar refractivity (Wildman–Crippen MR) is 98.8 cm³/mol. The summed E-state index contributed by atoms with van der Waals surface area (Å²) < 4.78 is 47.5. The number of hydrogen-bond acceptors (Lipinski definition) is 4. The molecule has 2 aliphatic heterocycles. The first-order chi connectivity index (χ1) is 12.8. The molecule has 7 nitrogen and oxygen atoms in total. The zero-order chi connectivity index (χ0) is 19.6. The van der Waals surface area contributed by atoms with E-state index in [1.165, 1.54) is 20.7 Å². The van der Waals surface area contributed by atoms with Gasteiger partial charge in [0, 0.05) is 39.3 Å². The third kappa shape index (κ3) is 4.84. The Bertz CT molecular complexity index is 771. The Morgan fingerprint density at radius 2 is 1.74 bits per heavy atom. The number of piperazine rings is 1. The van der Waals surface area contributed by atoms with Gasteiger partial charge in [-0.2, -0.15) is 17.0 Å². The summed E-state index contributed by atoms with van der Waals surface area (Å²) >= 11 is 0. The van der Waals surface area contributed by atoms with E-state index in [-0.39, 0.29) is 43.4 Å². The number of carbonyl (C=O) groups excluding carboxylic acids is 1. The minimum Gasteiger partial charge on any atom is -0.373 e. The highest BCUT2D eigenvalue weighted by molar-refractivity contribution is 7.86. The molecule has 2 heterocycles. The van der Waals surface area contributed by atoms with E-state index < -0.39 is 10.2 Å². The minimum absolute atomic E-state index is 0.114. The van der Waals surface area contributed by atoms with Gasteiger partial charge < -0.3 is 9.64 Å². The first-order valence-corrected chi connectivity index (χ1v) is 10.6. The second kappa shape index (κ2) is 8.22. The lowest BCUT2D eigenvalue weighted by molar-refractivity contribution is -0.131. The van der Waals surface area contributed by atoms with Gasteiger partial charge in [-0.3, -0.25) is 4.79 Å². The molecule has 2 atom stereocenters. The fraction of sp³-hybridized carbons (Fsp3) is 0.611. The normalized spacial score (nSPS) is 25.5. The Hall–Kier alpha value is -1.55. The minimum atomic E-state index is -3.57. The summed E-state index contributed by atoms with van der Waals surface area (Å²) in [5, 5.41) is 0. The van der Waals surface area contributed by atoms with Crippen LogP contribution in [0.1, 0.15) is 19.4 Å². The van der Waals surface area contributed by atoms with Crippen LogP contribution in [0.2, 0.25) is 0 Å². The van der Waals surface area contributed by atoms with E-state index in [0.717, 1.165) is 0 Å². The number of rotatable bonds is 4. The zero-order valence-corrected chi connectivity index (χ0v) is 16.5. The van der Waals surface area contributed by atoms with E-state index in [9.17, 15) is 17.6 Å². The van der Waals surface area contributed by atoms with Gasteiger partial charge in [-0.15, -0.1) is 0 Å². The first kappa shape index (κ1) is 20.2. The molecule has 0 spiro atoms. The van der Waals surface area contributed by atoms with E-state index in [4.69, 9.17) is 4.74 Å². The van der Waals surface area contributed by atoms with Gasteiger partial charge in [0.05, 0.1) is 18.6 Å². The number of ether oxygens (including phenoxy) is 1. The maximum absolute atomic E-state index is 13.3. The van der Waals surface area contributed by atoms with Gasteiger partial charge in [-0.05, 0) is 31.5 Å². The van der Waals surface area contributed by atoms with Crippen LogP contribution < -0.4 is 0 Å². The molecule has 2 aliphatic rings. The van der Waals surface area contributed by atoms with Crippen LogP contribution in [0.5, 0.6) is 0 Å². The first-order valence-electron chi connectivity index (χ1n) is 9.18. The number of carbonyl (C=O) groups is 1. The van der Waals surface area contributed by atoms with Crippen LogP contribution in [-0.2, 0) is 26.2 Å². The molecule has 150 valence electrons. The molecule has 2 saturated heterocycles. The summed E-state index contributed by atoms with van der Waals surface area (Å²) in [4.78, 5) is 14.1. The Labute approximate surface area is 159 Å². The molecule has 0 bridgehead atoms. The molecule has 0 radical (unpaired) electrons. The van der Waals surface area contributed by atoms with Crippen molar-refractivity contribution in [2.75, 3.05) is 39.3 Å². The maximum Gasteiger partial charge on any atom is 0.282 e. The molecule has 0 aromatic heterocycles. The lowest BCUT2D eigenvalue weighted by Gasteiger charge is -2.40. The van der Waals surface area contributed by atoms with Crippen molar-refractivity contribution in [1.29, 1.82) is 0 Å². The number of amides is 1. The third-order valence-electron chi connectivity index (χ3n) is 4.87. The summed E-state index contributed by atoms with van der Waals surface area (Å²) in [5.74, 6) is -0.489. The van der Waals surface area contributed by atoms with E-state index >= 15 is 0 Å². The van der Waals surface area contributed by atoms with Gasteiger partial charge in [0.25, 0.3) is 10.2 Å². The van der Waals surface area contributed by atoms with E-state index in [1.54, 1.807) is 17.0 Å². The van der Waals surface area contributed by atoms with E-state index in [0.29, 0.717) is 31.7 Å². The standard InChI is InChI=1S/C18H26FN3O4S/c1-14-12-22(13-15(2)26-14)27(24,25)21-8-6-20(7-9-21)18(23)11-16-4-3-5-17(19)10-16/h3-5,10,14-15H,6-9,11-13H2,1-2H3/t14-,15+. The van der Waals surface area contributed by atoms with Gasteiger partial charge in [-0.1, -0.05) is 12.1 Å². The second-order valence-corrected chi connectivity index (χ2v) is 9.10. The molecule has 1 amide bonds. The zero-order valence-electron chi connectivity index (χ0n) is 15.7. The van der Waals surface area contributed by atoms with Gasteiger partial charge in [0.2, 0.25) is 5.91 Å². The van der Waals surface area contributed by atoms with Crippen molar-refractivity contribution in [3.05, 3.63) is 35.6 Å². The average Bonchev–Trinajstić information content (AvgIpc) is 2.61. The molecule has 3 rings (SSSR count). The molecular weight excluding hydrogens is 373 g/mol. The monoisotopic (exact) mass is 399 g/mol. The molecule has 0 unspecified atom stereocenters. The van der Waals surface area contributed by atoms with Gasteiger partial charge in [0.1, 0.15) is 5.82 Å². The Balaban J connectivity index is 1.57. The number of halogens is 1. The number of nitrogens with zero attached hydrogens (tertiary/aromatic N) is 3. The topological polar surface area (TPSA) is 70.2 Å². The van der Waals surface area contributed by atoms with Crippen molar-refractivity contribution in [2.24, 2.45) is 0 Å². The van der Waals surface area contributed by atoms with Crippen LogP contribution in [-0.4, -0.2) is 79.3 Å². The van der Waals surface area contributed by atoms with E-state index in [1.807, 2.05) is 13.8 Å². The van der Waals surface area contributed by atoms with Gasteiger partial charge in [0.15, 0.2) is 0 Å². The highest BCUT2D eigenvalue weighted by atomic mass is 32.2. The maximum atomic E-state index is 13.3. The lowest BCUT2D eigenvalue weighted by Crippen LogP contribution is -2.57. The SMILES string of the molecule is C[C@@H]1CN(S(=O)(=O)N2CCN(C(=O)Cc3cccc(F)c3)CC2)C[C@H](C)O1. The van der Waals surface area contributed by atoms with Crippen LogP contribution in [0.3, 0.4) is 0 Å². The molecular formula is C18H26FN3O4S. The summed E-state index contributed by atoms with van der Waals surface area (Å²) in [6.07, 6.45) is -0.168. The number of benzene rings is 1. The van der Waals surface area contributed by atoms with Crippen molar-refractivity contribution in [3.63, 3.8) is 0 Å². The number of hydrogen-bond donors (Lipinski definition) is 0. The molecule has 2 fully saturated rings. The molecule has 1 aromatic carbocycles. The van der Waals surface area contributed by atoms with Gasteiger partial charge in [-0.25, -0.2) is 4.39 Å². The van der Waals surface area contributed by atoms with Crippen LogP contribution in [0, 0.1) is 5.82 Å². The van der Waals surface area contributed by atoms with Crippen molar-refractivity contribution in [2.45, 2.75) is 32.5 Å². The molecule has 0 N–H and O–H groups in total. The fourth-order valence-electron chi connectivity index (χ4n) is 3.58. The Kier molecular flexibility index (Phi) is 6.15. The van der Waals surface area contributed by atoms with Crippen molar-refractivity contribution >= 4 is 16.1 Å². The number of morpholine rings is 1. The second-order valence-electron chi connectivity index (χ2n) is 7.17. The molecule has 9 heteroatoms. The largest absolute Gasteiger partial charge is 0.373 e. The van der Waals surface area contributed by atoms with Crippen molar-refractivity contribution < 1.29 is 22.3 Å². The van der Waals surface area contributed by atoms with E-state index in [2.05, 4.69) is 0 Å². The summed E-state index contributed by atoms with van der Waals surface area (Å²) in [5.41, 5.74) is 0.617. The van der Waals surface area contributed by atoms with Crippen LogP contribution >= 0.6 is 0 Å². The highest BCUT2D eigenvalue weighted by Gasteiger charge is 2.37. The molecule has 1 aromatic rings. The fourth-order valence-corrected chi connectivity index (χ4v) is 5.33. The van der Waals surface area contributed by atoms with Gasteiger partial charge >= 0.3 is 0 Å². The highest BCUT2D eigenvalue weighted by Crippen LogP contribution is 2.19. The quantitative estimate of drug-likeness (QED) is 0.753. The van der Waals surface area contributed by atoms with Crippen LogP contribution in [0.15, 0.2) is 24.3 Å².